The summed E-state index contributed by atoms with van der Waals surface area (Å²) in [7, 11) is -1.63. The van der Waals surface area contributed by atoms with Crippen molar-refractivity contribution in [2.45, 2.75) is 30.1 Å². The third kappa shape index (κ3) is 3.19. The summed E-state index contributed by atoms with van der Waals surface area (Å²) in [4.78, 5) is 19.1. The first-order chi connectivity index (χ1) is 11.4. The van der Waals surface area contributed by atoms with E-state index in [1.807, 2.05) is 12.1 Å². The topological polar surface area (TPSA) is 67.3 Å². The van der Waals surface area contributed by atoms with Crippen molar-refractivity contribution < 1.29 is 13.2 Å². The summed E-state index contributed by atoms with van der Waals surface area (Å²) in [6, 6.07) is 10.4. The molecule has 1 aliphatic rings. The van der Waals surface area contributed by atoms with Crippen LogP contribution < -0.4 is 4.90 Å². The van der Waals surface area contributed by atoms with E-state index in [2.05, 4.69) is 4.98 Å². The van der Waals surface area contributed by atoms with Gasteiger partial charge in [0.15, 0.2) is 9.84 Å². The highest BCUT2D eigenvalue weighted by atomic mass is 32.2. The Morgan fingerprint density at radius 2 is 2.04 bits per heavy atom. The first-order valence-corrected chi connectivity index (χ1v) is 9.78. The Kier molecular flexibility index (Phi) is 4.41. The fourth-order valence-corrected chi connectivity index (χ4v) is 3.79. The van der Waals surface area contributed by atoms with Crippen LogP contribution in [0.15, 0.2) is 47.5 Å². The van der Waals surface area contributed by atoms with Gasteiger partial charge in [0.05, 0.1) is 16.5 Å². The standard InChI is InChI=1S/C18H20N2O3S/c1-20(14-8-4-9-15(12-14)24(2,22)23)18(21)16-10-3-6-13-7-5-11-19-17(13)16/h4-5,7-9,11-12,16H,3,6,10H2,1-2H3/t16-/m0/s1. The second-order valence-electron chi connectivity index (χ2n) is 6.16. The quantitative estimate of drug-likeness (QED) is 0.858. The zero-order chi connectivity index (χ0) is 17.3. The molecule has 0 saturated heterocycles. The summed E-state index contributed by atoms with van der Waals surface area (Å²) in [6.45, 7) is 0. The molecule has 0 unspecified atom stereocenters. The van der Waals surface area contributed by atoms with E-state index in [0.29, 0.717) is 5.69 Å². The first-order valence-electron chi connectivity index (χ1n) is 7.89. The molecule has 0 radical (unpaired) electrons. The Balaban J connectivity index is 1.92. The first kappa shape index (κ1) is 16.6. The SMILES string of the molecule is CN(C(=O)[C@H]1CCCc2cccnc21)c1cccc(S(C)(=O)=O)c1. The number of sulfone groups is 1. The fraction of sp³-hybridized carbons (Fsp3) is 0.333. The monoisotopic (exact) mass is 344 g/mol. The van der Waals surface area contributed by atoms with Crippen LogP contribution in [-0.4, -0.2) is 32.6 Å². The number of nitrogens with zero attached hydrogens (tertiary/aromatic N) is 2. The number of hydrogen-bond acceptors (Lipinski definition) is 4. The maximum absolute atomic E-state index is 13.0. The average Bonchev–Trinajstić information content (AvgIpc) is 2.59. The van der Waals surface area contributed by atoms with Crippen molar-refractivity contribution in [3.05, 3.63) is 53.9 Å². The van der Waals surface area contributed by atoms with Crippen molar-refractivity contribution in [2.24, 2.45) is 0 Å². The average molecular weight is 344 g/mol. The van der Waals surface area contributed by atoms with E-state index >= 15 is 0 Å². The van der Waals surface area contributed by atoms with E-state index < -0.39 is 9.84 Å². The van der Waals surface area contributed by atoms with Crippen LogP contribution in [0.1, 0.15) is 30.0 Å². The molecule has 0 saturated carbocycles. The molecule has 1 amide bonds. The number of carbonyl (C=O) groups excluding carboxylic acids is 1. The predicted octanol–water partition coefficient (Wildman–Crippen LogP) is 2.57. The van der Waals surface area contributed by atoms with Gasteiger partial charge in [-0.1, -0.05) is 12.1 Å². The van der Waals surface area contributed by atoms with Gasteiger partial charge in [-0.3, -0.25) is 9.78 Å². The van der Waals surface area contributed by atoms with Gasteiger partial charge in [-0.2, -0.15) is 0 Å². The summed E-state index contributed by atoms with van der Waals surface area (Å²) in [5, 5.41) is 0. The molecule has 3 rings (SSSR count). The molecule has 1 atom stereocenters. The molecule has 1 aromatic heterocycles. The lowest BCUT2D eigenvalue weighted by Crippen LogP contribution is -2.34. The minimum atomic E-state index is -3.31. The molecule has 0 N–H and O–H groups in total. The molecule has 0 spiro atoms. The van der Waals surface area contributed by atoms with Gasteiger partial charge in [0.1, 0.15) is 0 Å². The van der Waals surface area contributed by atoms with Gasteiger partial charge < -0.3 is 4.90 Å². The molecule has 126 valence electrons. The van der Waals surface area contributed by atoms with Gasteiger partial charge in [-0.15, -0.1) is 0 Å². The smallest absolute Gasteiger partial charge is 0.235 e. The molecule has 1 aliphatic carbocycles. The van der Waals surface area contributed by atoms with Gasteiger partial charge in [-0.25, -0.2) is 8.42 Å². The number of rotatable bonds is 3. The van der Waals surface area contributed by atoms with Gasteiger partial charge in [-0.05, 0) is 49.1 Å². The summed E-state index contributed by atoms with van der Waals surface area (Å²) < 4.78 is 23.5. The summed E-state index contributed by atoms with van der Waals surface area (Å²) >= 11 is 0. The Morgan fingerprint density at radius 1 is 1.25 bits per heavy atom. The second kappa shape index (κ2) is 6.36. The minimum Gasteiger partial charge on any atom is -0.315 e. The number of aryl methyl sites for hydroxylation is 1. The van der Waals surface area contributed by atoms with Crippen molar-refractivity contribution in [3.8, 4) is 0 Å². The number of anilines is 1. The van der Waals surface area contributed by atoms with E-state index in [9.17, 15) is 13.2 Å². The molecule has 24 heavy (non-hydrogen) atoms. The third-order valence-electron chi connectivity index (χ3n) is 4.46. The lowest BCUT2D eigenvalue weighted by molar-refractivity contribution is -0.120. The Labute approximate surface area is 142 Å². The van der Waals surface area contributed by atoms with E-state index in [4.69, 9.17) is 0 Å². The third-order valence-corrected chi connectivity index (χ3v) is 5.57. The summed E-state index contributed by atoms with van der Waals surface area (Å²) in [5.41, 5.74) is 2.55. The molecule has 2 aromatic rings. The van der Waals surface area contributed by atoms with Crippen LogP contribution in [-0.2, 0) is 21.1 Å². The number of hydrogen-bond donors (Lipinski definition) is 0. The fourth-order valence-electron chi connectivity index (χ4n) is 3.13. The molecule has 1 heterocycles. The summed E-state index contributed by atoms with van der Waals surface area (Å²) in [5.74, 6) is -0.331. The van der Waals surface area contributed by atoms with Crippen molar-refractivity contribution in [2.75, 3.05) is 18.2 Å². The number of fused-ring (bicyclic) bond motifs is 1. The zero-order valence-corrected chi connectivity index (χ0v) is 14.6. The second-order valence-corrected chi connectivity index (χ2v) is 8.18. The predicted molar refractivity (Wildman–Crippen MR) is 92.9 cm³/mol. The van der Waals surface area contributed by atoms with E-state index in [0.717, 1.165) is 36.8 Å². The number of carbonyl (C=O) groups is 1. The van der Waals surface area contributed by atoms with E-state index in [1.54, 1.807) is 25.4 Å². The van der Waals surface area contributed by atoms with Crippen LogP contribution in [0.4, 0.5) is 5.69 Å². The molecule has 0 fully saturated rings. The van der Waals surface area contributed by atoms with Gasteiger partial charge >= 0.3 is 0 Å². The minimum absolute atomic E-state index is 0.0553. The number of pyridine rings is 1. The molecule has 1 aromatic carbocycles. The number of likely N-dealkylation sites (N-methyl/N-ethyl adjacent to an activating group) is 1. The van der Waals surface area contributed by atoms with Crippen LogP contribution in [0.3, 0.4) is 0 Å². The van der Waals surface area contributed by atoms with Crippen molar-refractivity contribution in [3.63, 3.8) is 0 Å². The Bertz CT molecular complexity index is 877. The molecule has 0 aliphatic heterocycles. The molecule has 6 heteroatoms. The maximum atomic E-state index is 13.0. The maximum Gasteiger partial charge on any atom is 0.235 e. The Hall–Kier alpha value is -2.21. The number of aromatic nitrogens is 1. The summed E-state index contributed by atoms with van der Waals surface area (Å²) in [6.07, 6.45) is 5.54. The lowest BCUT2D eigenvalue weighted by atomic mass is 9.85. The normalized spacial score (nSPS) is 17.2. The van der Waals surface area contributed by atoms with Gasteiger partial charge in [0.25, 0.3) is 0 Å². The van der Waals surface area contributed by atoms with Crippen LogP contribution in [0, 0.1) is 0 Å². The Morgan fingerprint density at radius 3 is 2.79 bits per heavy atom. The van der Waals surface area contributed by atoms with Crippen LogP contribution in [0.5, 0.6) is 0 Å². The van der Waals surface area contributed by atoms with Crippen LogP contribution in [0.2, 0.25) is 0 Å². The van der Waals surface area contributed by atoms with Crippen molar-refractivity contribution >= 4 is 21.4 Å². The van der Waals surface area contributed by atoms with Crippen molar-refractivity contribution in [1.82, 2.24) is 4.98 Å². The molecule has 0 bridgehead atoms. The highest BCUT2D eigenvalue weighted by Gasteiger charge is 2.30. The largest absolute Gasteiger partial charge is 0.315 e. The molecule has 5 nitrogen and oxygen atoms in total. The van der Waals surface area contributed by atoms with Gasteiger partial charge in [0, 0.05) is 25.2 Å². The van der Waals surface area contributed by atoms with Crippen LogP contribution in [0.25, 0.3) is 0 Å². The van der Waals surface area contributed by atoms with Crippen LogP contribution >= 0.6 is 0 Å². The lowest BCUT2D eigenvalue weighted by Gasteiger charge is -2.28. The van der Waals surface area contributed by atoms with E-state index in [1.165, 1.54) is 17.0 Å². The highest BCUT2D eigenvalue weighted by Crippen LogP contribution is 2.32. The molecular formula is C18H20N2O3S. The van der Waals surface area contributed by atoms with E-state index in [-0.39, 0.29) is 16.7 Å². The number of amides is 1. The highest BCUT2D eigenvalue weighted by molar-refractivity contribution is 7.90. The number of benzene rings is 1. The molecular weight excluding hydrogens is 324 g/mol. The van der Waals surface area contributed by atoms with Gasteiger partial charge in [0.2, 0.25) is 5.91 Å². The van der Waals surface area contributed by atoms with Crippen molar-refractivity contribution in [1.29, 1.82) is 0 Å². The zero-order valence-electron chi connectivity index (χ0n) is 13.8.